The summed E-state index contributed by atoms with van der Waals surface area (Å²) in [4.78, 5) is 101. The molecule has 6 N–H and O–H groups in total. The van der Waals surface area contributed by atoms with Gasteiger partial charge >= 0.3 is 0 Å². The van der Waals surface area contributed by atoms with Crippen molar-refractivity contribution in [2.24, 2.45) is 29.2 Å². The number of unbranched alkanes of at least 4 members (excludes halogenated alkanes) is 5. The van der Waals surface area contributed by atoms with Crippen molar-refractivity contribution in [3.05, 3.63) is 0 Å². The number of hydrogen-bond acceptors (Lipinski definition) is 11. The van der Waals surface area contributed by atoms with E-state index in [2.05, 4.69) is 23.3 Å². The molecule has 2 saturated heterocycles. The lowest BCUT2D eigenvalue weighted by Gasteiger charge is -2.18. The van der Waals surface area contributed by atoms with Gasteiger partial charge in [-0.1, -0.05) is 25.7 Å². The van der Waals surface area contributed by atoms with Gasteiger partial charge in [-0.05, 0) is 31.4 Å². The Hall–Kier alpha value is -3.17. The van der Waals surface area contributed by atoms with Crippen LogP contribution in [-0.4, -0.2) is 102 Å². The Morgan fingerprint density at radius 2 is 1.23 bits per heavy atom. The number of carbonyl (C=O) groups is 8. The van der Waals surface area contributed by atoms with Crippen LogP contribution >= 0.6 is 12.6 Å². The van der Waals surface area contributed by atoms with Crippen LogP contribution in [0.4, 0.5) is 0 Å². The predicted molar refractivity (Wildman–Crippen MR) is 181 cm³/mol. The van der Waals surface area contributed by atoms with Gasteiger partial charge < -0.3 is 22.1 Å². The molecule has 3 atom stereocenters. The molecule has 14 nitrogen and oxygen atoms in total. The number of thiol groups is 1. The van der Waals surface area contributed by atoms with Crippen LogP contribution in [0.3, 0.4) is 0 Å². The van der Waals surface area contributed by atoms with E-state index in [-0.39, 0.29) is 105 Å². The zero-order chi connectivity index (χ0) is 35.5. The molecular weight excluding hydrogens is 640 g/mol. The number of Topliss-reactive ketones (excluding diaryl/α,β-unsaturated/α-hetero) is 2. The number of nitrogens with one attached hydrogen (secondary N) is 2. The van der Waals surface area contributed by atoms with E-state index >= 15 is 0 Å². The monoisotopic (exact) mass is 694 g/mol. The van der Waals surface area contributed by atoms with Crippen molar-refractivity contribution >= 4 is 59.6 Å². The van der Waals surface area contributed by atoms with Gasteiger partial charge in [0.2, 0.25) is 35.4 Å². The second kappa shape index (κ2) is 22.5. The second-order valence-corrected chi connectivity index (χ2v) is 13.1. The van der Waals surface area contributed by atoms with Crippen molar-refractivity contribution in [2.75, 3.05) is 45.0 Å². The summed E-state index contributed by atoms with van der Waals surface area (Å²) >= 11 is 4.08. The molecule has 0 aliphatic carbocycles. The maximum atomic E-state index is 13.1. The molecular formula is C33H54N6O8S. The fraction of sp³-hybridized carbons (Fsp3) is 0.758. The summed E-state index contributed by atoms with van der Waals surface area (Å²) in [5, 5.41) is 5.70. The number of carbonyl (C=O) groups excluding carboxylic acids is 8. The Labute approximate surface area is 288 Å². The number of ketones is 2. The Bertz CT molecular complexity index is 1150. The van der Waals surface area contributed by atoms with Gasteiger partial charge in [0.15, 0.2) is 0 Å². The zero-order valence-corrected chi connectivity index (χ0v) is 28.9. The molecule has 0 aromatic rings. The van der Waals surface area contributed by atoms with Gasteiger partial charge in [0.05, 0.1) is 11.8 Å². The summed E-state index contributed by atoms with van der Waals surface area (Å²) in [5.74, 6) is -3.04. The fourth-order valence-electron chi connectivity index (χ4n) is 5.91. The normalized spacial score (nSPS) is 18.5. The third-order valence-electron chi connectivity index (χ3n) is 8.89. The number of imide groups is 2. The Balaban J connectivity index is 1.77. The molecule has 0 aromatic carbocycles. The van der Waals surface area contributed by atoms with E-state index in [1.165, 1.54) is 0 Å². The Kier molecular flexibility index (Phi) is 19.2. The van der Waals surface area contributed by atoms with Gasteiger partial charge in [0.25, 0.3) is 0 Å². The highest BCUT2D eigenvalue weighted by atomic mass is 32.1. The van der Waals surface area contributed by atoms with E-state index in [0.717, 1.165) is 41.9 Å². The van der Waals surface area contributed by atoms with Crippen LogP contribution < -0.4 is 22.1 Å². The van der Waals surface area contributed by atoms with E-state index in [1.807, 2.05) is 0 Å². The van der Waals surface area contributed by atoms with Crippen LogP contribution in [0.5, 0.6) is 0 Å². The molecule has 2 fully saturated rings. The summed E-state index contributed by atoms with van der Waals surface area (Å²) in [6, 6.07) is 0. The molecule has 2 heterocycles. The first-order valence-electron chi connectivity index (χ1n) is 17.3. The van der Waals surface area contributed by atoms with Crippen LogP contribution in [0.15, 0.2) is 0 Å². The molecule has 48 heavy (non-hydrogen) atoms. The highest BCUT2D eigenvalue weighted by Crippen LogP contribution is 2.21. The van der Waals surface area contributed by atoms with Crippen LogP contribution in [0, 0.1) is 17.8 Å². The molecule has 15 heteroatoms. The smallest absolute Gasteiger partial charge is 0.234 e. The fourth-order valence-corrected chi connectivity index (χ4v) is 6.16. The lowest BCUT2D eigenvalue weighted by Crippen LogP contribution is -2.36. The lowest BCUT2D eigenvalue weighted by atomic mass is 9.94. The number of amides is 6. The van der Waals surface area contributed by atoms with E-state index in [9.17, 15) is 38.4 Å². The van der Waals surface area contributed by atoms with E-state index in [1.54, 1.807) is 0 Å². The highest BCUT2D eigenvalue weighted by molar-refractivity contribution is 7.80. The standard InChI is InChI=1S/C33H54N6O8S/c34-21-24-19-29(43)38(32(24)46)15-10-27(41)18-23(31(45)37-14-6-3-1-2-4-9-26(40)12-17-48)8-5-7-13-36-28(42)11-16-39-30(44)20-25(22-35)33(39)47/h23-25,48H,1-22,34-35H2,(H,36,42)(H,37,45). The van der Waals surface area contributed by atoms with E-state index in [4.69, 9.17) is 11.5 Å². The molecule has 0 saturated carbocycles. The highest BCUT2D eigenvalue weighted by Gasteiger charge is 2.38. The van der Waals surface area contributed by atoms with Crippen molar-refractivity contribution in [2.45, 2.75) is 96.3 Å². The molecule has 0 radical (unpaired) electrons. The van der Waals surface area contributed by atoms with Gasteiger partial charge in [-0.2, -0.15) is 12.6 Å². The summed E-state index contributed by atoms with van der Waals surface area (Å²) in [6.07, 6.45) is 7.01. The molecule has 2 aliphatic heterocycles. The van der Waals surface area contributed by atoms with Crippen molar-refractivity contribution in [1.82, 2.24) is 20.4 Å². The Morgan fingerprint density at radius 3 is 1.81 bits per heavy atom. The van der Waals surface area contributed by atoms with E-state index in [0.29, 0.717) is 50.9 Å². The summed E-state index contributed by atoms with van der Waals surface area (Å²) in [6.45, 7) is 0.921. The van der Waals surface area contributed by atoms with Gasteiger partial charge in [-0.3, -0.25) is 48.2 Å². The van der Waals surface area contributed by atoms with Crippen molar-refractivity contribution in [3.8, 4) is 0 Å². The summed E-state index contributed by atoms with van der Waals surface area (Å²) in [7, 11) is 0. The topological polar surface area (TPSA) is 219 Å². The summed E-state index contributed by atoms with van der Waals surface area (Å²) < 4.78 is 0. The minimum absolute atomic E-state index is 0.00193. The Morgan fingerprint density at radius 1 is 0.688 bits per heavy atom. The lowest BCUT2D eigenvalue weighted by molar-refractivity contribution is -0.141. The van der Waals surface area contributed by atoms with Crippen LogP contribution in [0.1, 0.15) is 96.3 Å². The van der Waals surface area contributed by atoms with Gasteiger partial charge in [0, 0.05) is 90.1 Å². The first-order chi connectivity index (χ1) is 23.0. The quantitative estimate of drug-likeness (QED) is 0.0483. The maximum Gasteiger partial charge on any atom is 0.234 e. The molecule has 0 spiro atoms. The molecule has 6 amide bonds. The second-order valence-electron chi connectivity index (χ2n) is 12.6. The minimum Gasteiger partial charge on any atom is -0.356 e. The number of hydrogen-bond donors (Lipinski definition) is 5. The van der Waals surface area contributed by atoms with Gasteiger partial charge in [-0.25, -0.2) is 0 Å². The van der Waals surface area contributed by atoms with Crippen LogP contribution in [-0.2, 0) is 38.4 Å². The summed E-state index contributed by atoms with van der Waals surface area (Å²) in [5.41, 5.74) is 11.1. The van der Waals surface area contributed by atoms with Crippen molar-refractivity contribution in [1.29, 1.82) is 0 Å². The molecule has 0 bridgehead atoms. The third kappa shape index (κ3) is 14.1. The van der Waals surface area contributed by atoms with Crippen LogP contribution in [0.2, 0.25) is 0 Å². The van der Waals surface area contributed by atoms with Crippen molar-refractivity contribution < 1.29 is 38.4 Å². The number of likely N-dealkylation sites (tertiary alicyclic amines) is 2. The number of nitrogens with zero attached hydrogens (tertiary/aromatic N) is 2. The molecule has 2 aliphatic rings. The van der Waals surface area contributed by atoms with Gasteiger partial charge in [0.1, 0.15) is 11.6 Å². The van der Waals surface area contributed by atoms with Gasteiger partial charge in [-0.15, -0.1) is 0 Å². The van der Waals surface area contributed by atoms with Crippen molar-refractivity contribution in [3.63, 3.8) is 0 Å². The molecule has 2 rings (SSSR count). The first-order valence-corrected chi connectivity index (χ1v) is 17.9. The zero-order valence-electron chi connectivity index (χ0n) is 28.1. The average Bonchev–Trinajstić information content (AvgIpc) is 3.50. The predicted octanol–water partition coefficient (Wildman–Crippen LogP) is 0.642. The minimum atomic E-state index is -0.601. The maximum absolute atomic E-state index is 13.1. The first kappa shape index (κ1) is 41.0. The van der Waals surface area contributed by atoms with E-state index < -0.39 is 17.8 Å². The molecule has 0 aromatic heterocycles. The molecule has 3 unspecified atom stereocenters. The largest absolute Gasteiger partial charge is 0.356 e. The van der Waals surface area contributed by atoms with Crippen LogP contribution in [0.25, 0.3) is 0 Å². The average molecular weight is 695 g/mol. The number of nitrogens with two attached hydrogens (primary N) is 2. The number of rotatable bonds is 26. The molecule has 270 valence electrons. The SMILES string of the molecule is NCC1CC(=O)N(CCC(=O)CC(CCCCNC(=O)CCN2C(=O)CC(CN)C2=O)C(=O)NCCCCCCCC(=O)CCS)C1=O. The third-order valence-corrected chi connectivity index (χ3v) is 9.11.